The van der Waals surface area contributed by atoms with E-state index >= 15 is 0 Å². The minimum atomic E-state index is 0. The van der Waals surface area contributed by atoms with Crippen molar-refractivity contribution in [2.75, 3.05) is 7.11 Å². The molecule has 0 saturated heterocycles. The maximum Gasteiger partial charge on any atom is 1.00 e. The second kappa shape index (κ2) is 39.5. The average molecular weight is 74.1 g/mol. The van der Waals surface area contributed by atoms with Crippen LogP contribution in [-0.4, -0.2) is 17.7 Å². The molecule has 3 N–H and O–H groups in total. The third-order valence-electron chi connectivity index (χ3n) is 0. The van der Waals surface area contributed by atoms with Crippen molar-refractivity contribution < 1.29 is 41.6 Å². The topological polar surface area (TPSA) is 51.7 Å². The van der Waals surface area contributed by atoms with Crippen LogP contribution in [0.5, 0.6) is 0 Å². The van der Waals surface area contributed by atoms with Crippen LogP contribution in [-0.2, 0) is 0 Å². The fourth-order valence-corrected chi connectivity index (χ4v) is 0. The molecule has 0 heterocycles. The first kappa shape index (κ1) is 20.5. The van der Waals surface area contributed by atoms with Gasteiger partial charge in [0.1, 0.15) is 0 Å². The molecule has 0 fully saturated rings. The molecule has 0 aromatic rings. The summed E-state index contributed by atoms with van der Waals surface area (Å²) in [6.07, 6.45) is 0. The normalized spacial score (nSPS) is 1.50. The second-order valence-electron chi connectivity index (χ2n) is 0. The Morgan fingerprint density at radius 2 is 1.50 bits per heavy atom. The molecule has 0 aliphatic carbocycles. The van der Waals surface area contributed by atoms with Crippen LogP contribution >= 0.6 is 0 Å². The predicted octanol–water partition coefficient (Wildman–Crippen LogP) is -4.10. The van der Waals surface area contributed by atoms with Gasteiger partial charge in [-0.1, -0.05) is 0 Å². The minimum Gasteiger partial charge on any atom is -1.00 e. The van der Waals surface area contributed by atoms with Crippen molar-refractivity contribution in [1.82, 2.24) is 0 Å². The number of hydrogen-bond donors (Lipinski definition) is 1. The van der Waals surface area contributed by atoms with Gasteiger partial charge in [-0.25, -0.2) is 0 Å². The summed E-state index contributed by atoms with van der Waals surface area (Å²) in [4.78, 5) is 0. The molecule has 0 bridgehead atoms. The Morgan fingerprint density at radius 3 is 1.50 bits per heavy atom. The van der Waals surface area contributed by atoms with E-state index < -0.39 is 0 Å². The summed E-state index contributed by atoms with van der Waals surface area (Å²) in [5.41, 5.74) is 0. The van der Waals surface area contributed by atoms with Gasteiger partial charge in [0.15, 0.2) is 0 Å². The molecule has 0 atom stereocenters. The predicted molar refractivity (Wildman–Crippen MR) is 12.9 cm³/mol. The zero-order valence-electron chi connectivity index (χ0n) is 3.95. The SMILES string of the molecule is CO.O.[H-].[Na+]. The molecule has 0 saturated carbocycles. The summed E-state index contributed by atoms with van der Waals surface area (Å²) >= 11 is 0. The Kier molecular flexibility index (Phi) is 202. The molecule has 3 heteroatoms. The second-order valence-corrected chi connectivity index (χ2v) is 0. The molecule has 0 aliphatic rings. The van der Waals surface area contributed by atoms with Crippen LogP contribution in [0.1, 0.15) is 1.43 Å². The van der Waals surface area contributed by atoms with E-state index in [9.17, 15) is 0 Å². The summed E-state index contributed by atoms with van der Waals surface area (Å²) in [5, 5.41) is 7.00. The van der Waals surface area contributed by atoms with Gasteiger partial charge in [-0.3, -0.25) is 0 Å². The first-order chi connectivity index (χ1) is 1.00. The maximum absolute atomic E-state index is 7.00. The van der Waals surface area contributed by atoms with Crippen molar-refractivity contribution in [3.8, 4) is 0 Å². The van der Waals surface area contributed by atoms with E-state index in [-0.39, 0.29) is 36.5 Å². The van der Waals surface area contributed by atoms with Gasteiger partial charge in [0, 0.05) is 7.11 Å². The summed E-state index contributed by atoms with van der Waals surface area (Å²) in [5.74, 6) is 0. The van der Waals surface area contributed by atoms with Gasteiger partial charge in [0.2, 0.25) is 0 Å². The molecular weight excluding hydrogens is 67.0 g/mol. The minimum absolute atomic E-state index is 0. The molecule has 0 aliphatic heterocycles. The molecule has 0 unspecified atom stereocenters. The van der Waals surface area contributed by atoms with E-state index in [0.29, 0.717) is 0 Å². The molecule has 0 spiro atoms. The van der Waals surface area contributed by atoms with Crippen LogP contribution in [0.3, 0.4) is 0 Å². The number of aliphatic hydroxyl groups is 1. The Balaban J connectivity index is -0.00000000167. The van der Waals surface area contributed by atoms with E-state index in [1.54, 1.807) is 0 Å². The molecule has 24 valence electrons. The number of rotatable bonds is 0. The van der Waals surface area contributed by atoms with Crippen molar-refractivity contribution in [3.63, 3.8) is 0 Å². The largest absolute Gasteiger partial charge is 1.00 e. The van der Waals surface area contributed by atoms with Gasteiger partial charge in [-0.2, -0.15) is 0 Å². The first-order valence-electron chi connectivity index (χ1n) is 0.447. The number of hydrogen-bond acceptors (Lipinski definition) is 1. The average Bonchev–Trinajstić information content (AvgIpc) is 1.00. The Hall–Kier alpha value is 0.920. The molecule has 0 radical (unpaired) electrons. The van der Waals surface area contributed by atoms with Gasteiger partial charge in [-0.15, -0.1) is 0 Å². The molecular formula is CH7NaO2. The van der Waals surface area contributed by atoms with Crippen LogP contribution in [0, 0.1) is 0 Å². The van der Waals surface area contributed by atoms with E-state index in [4.69, 9.17) is 5.11 Å². The summed E-state index contributed by atoms with van der Waals surface area (Å²) in [6, 6.07) is 0. The summed E-state index contributed by atoms with van der Waals surface area (Å²) < 4.78 is 0. The molecule has 0 aromatic heterocycles. The van der Waals surface area contributed by atoms with Gasteiger partial charge in [0.05, 0.1) is 0 Å². The van der Waals surface area contributed by atoms with Crippen LogP contribution < -0.4 is 29.6 Å². The van der Waals surface area contributed by atoms with Gasteiger partial charge in [0.25, 0.3) is 0 Å². The van der Waals surface area contributed by atoms with Gasteiger partial charge in [-0.05, 0) is 0 Å². The monoisotopic (exact) mass is 74.0 g/mol. The first-order valence-corrected chi connectivity index (χ1v) is 0.447. The van der Waals surface area contributed by atoms with Crippen molar-refractivity contribution in [3.05, 3.63) is 0 Å². The van der Waals surface area contributed by atoms with Gasteiger partial charge < -0.3 is 12.0 Å². The Morgan fingerprint density at radius 1 is 1.50 bits per heavy atom. The van der Waals surface area contributed by atoms with Crippen molar-refractivity contribution >= 4 is 0 Å². The van der Waals surface area contributed by atoms with E-state index in [0.717, 1.165) is 7.11 Å². The summed E-state index contributed by atoms with van der Waals surface area (Å²) in [6.45, 7) is 0. The number of aliphatic hydroxyl groups excluding tert-OH is 1. The summed E-state index contributed by atoms with van der Waals surface area (Å²) in [7, 11) is 1.00. The van der Waals surface area contributed by atoms with E-state index in [1.165, 1.54) is 0 Å². The molecule has 0 rings (SSSR count). The standard InChI is InChI=1S/CH4O.Na.H2O.H/c1-2;;;/h2H,1H3;;1H2;/q;+1;;-1. The van der Waals surface area contributed by atoms with Crippen molar-refractivity contribution in [2.24, 2.45) is 0 Å². The molecule has 2 nitrogen and oxygen atoms in total. The van der Waals surface area contributed by atoms with Gasteiger partial charge >= 0.3 is 29.6 Å². The Bertz CT molecular complexity index is 9.61. The third-order valence-corrected chi connectivity index (χ3v) is 0. The molecule has 4 heavy (non-hydrogen) atoms. The fourth-order valence-electron chi connectivity index (χ4n) is 0. The Labute approximate surface area is 48.9 Å². The van der Waals surface area contributed by atoms with Crippen LogP contribution in [0.15, 0.2) is 0 Å². The van der Waals surface area contributed by atoms with Crippen molar-refractivity contribution in [2.45, 2.75) is 0 Å². The zero-order chi connectivity index (χ0) is 2.00. The van der Waals surface area contributed by atoms with E-state index in [2.05, 4.69) is 0 Å². The smallest absolute Gasteiger partial charge is 1.00 e. The van der Waals surface area contributed by atoms with Crippen LogP contribution in [0.2, 0.25) is 0 Å². The maximum atomic E-state index is 7.00. The van der Waals surface area contributed by atoms with Crippen LogP contribution in [0.4, 0.5) is 0 Å². The third kappa shape index (κ3) is 12.7. The quantitative estimate of drug-likeness (QED) is 0.292. The zero-order valence-corrected chi connectivity index (χ0v) is 4.95. The molecule has 0 amide bonds. The van der Waals surface area contributed by atoms with E-state index in [1.807, 2.05) is 0 Å². The van der Waals surface area contributed by atoms with Crippen molar-refractivity contribution in [1.29, 1.82) is 0 Å². The molecule has 0 aromatic carbocycles. The van der Waals surface area contributed by atoms with Crippen LogP contribution in [0.25, 0.3) is 0 Å². The fraction of sp³-hybridized carbons (Fsp3) is 1.00.